The molecule has 0 saturated heterocycles. The maximum absolute atomic E-state index is 10.6. The molecule has 0 bridgehead atoms. The minimum atomic E-state index is -1.86. The lowest BCUT2D eigenvalue weighted by atomic mass is 10.0. The Morgan fingerprint density at radius 1 is 1.35 bits per heavy atom. The first-order chi connectivity index (χ1) is 8.00. The molecule has 0 fully saturated rings. The molecule has 2 aromatic rings. The predicted molar refractivity (Wildman–Crippen MR) is 61.9 cm³/mol. The summed E-state index contributed by atoms with van der Waals surface area (Å²) in [6.07, 6.45) is -1.88. The Morgan fingerprint density at radius 3 is 2.71 bits per heavy atom. The van der Waals surface area contributed by atoms with Crippen molar-refractivity contribution in [3.8, 4) is 0 Å². The number of hydrogen-bond donors (Lipinski definition) is 4. The number of rotatable bonds is 3. The van der Waals surface area contributed by atoms with Crippen molar-refractivity contribution in [2.45, 2.75) is 12.2 Å². The fourth-order valence-electron chi connectivity index (χ4n) is 1.67. The van der Waals surface area contributed by atoms with Crippen LogP contribution in [0.3, 0.4) is 0 Å². The summed E-state index contributed by atoms with van der Waals surface area (Å²) >= 11 is 5.79. The van der Waals surface area contributed by atoms with Crippen molar-refractivity contribution < 1.29 is 20.1 Å². The molecule has 2 unspecified atom stereocenters. The van der Waals surface area contributed by atoms with Gasteiger partial charge >= 0.3 is 5.97 Å². The number of fused-ring (bicyclic) bond motifs is 1. The van der Waals surface area contributed by atoms with E-state index in [2.05, 4.69) is 4.98 Å². The van der Waals surface area contributed by atoms with E-state index >= 15 is 0 Å². The molecule has 4 N–H and O–H groups in total. The number of benzene rings is 1. The number of aliphatic hydroxyl groups excluding tert-OH is 2. The molecule has 0 aliphatic carbocycles. The van der Waals surface area contributed by atoms with Gasteiger partial charge in [0.15, 0.2) is 6.10 Å². The number of H-pyrrole nitrogens is 1. The average molecular weight is 256 g/mol. The molecule has 2 rings (SSSR count). The van der Waals surface area contributed by atoms with Crippen LogP contribution in [0.5, 0.6) is 0 Å². The zero-order valence-electron chi connectivity index (χ0n) is 8.59. The summed E-state index contributed by atoms with van der Waals surface area (Å²) < 4.78 is 0. The third kappa shape index (κ3) is 2.12. The van der Waals surface area contributed by atoms with E-state index in [4.69, 9.17) is 16.7 Å². The Morgan fingerprint density at radius 2 is 2.06 bits per heavy atom. The molecule has 0 spiro atoms. The van der Waals surface area contributed by atoms with Gasteiger partial charge < -0.3 is 20.3 Å². The van der Waals surface area contributed by atoms with Crippen LogP contribution < -0.4 is 0 Å². The highest BCUT2D eigenvalue weighted by Gasteiger charge is 2.27. The van der Waals surface area contributed by atoms with Gasteiger partial charge in [0.2, 0.25) is 0 Å². The lowest BCUT2D eigenvalue weighted by Crippen LogP contribution is -2.27. The third-order valence-electron chi connectivity index (χ3n) is 2.55. The second-order valence-electron chi connectivity index (χ2n) is 3.66. The van der Waals surface area contributed by atoms with Gasteiger partial charge in [-0.05, 0) is 12.1 Å². The molecule has 2 atom stereocenters. The van der Waals surface area contributed by atoms with Crippen LogP contribution in [0.25, 0.3) is 10.9 Å². The second-order valence-corrected chi connectivity index (χ2v) is 4.10. The molecule has 1 aromatic carbocycles. The molecule has 90 valence electrons. The van der Waals surface area contributed by atoms with Crippen LogP contribution in [0.15, 0.2) is 24.4 Å². The van der Waals surface area contributed by atoms with E-state index in [1.54, 1.807) is 18.2 Å². The Bertz CT molecular complexity index is 566. The number of aromatic amines is 1. The molecule has 1 aromatic heterocycles. The van der Waals surface area contributed by atoms with Crippen LogP contribution in [0.4, 0.5) is 0 Å². The normalized spacial score (nSPS) is 14.8. The highest BCUT2D eigenvalue weighted by Crippen LogP contribution is 2.28. The smallest absolute Gasteiger partial charge is 0.335 e. The molecular formula is C11H10ClNO4. The molecule has 0 radical (unpaired) electrons. The van der Waals surface area contributed by atoms with Crippen LogP contribution in [-0.4, -0.2) is 32.4 Å². The van der Waals surface area contributed by atoms with Gasteiger partial charge in [0.1, 0.15) is 6.10 Å². The number of nitrogens with one attached hydrogen (secondary N) is 1. The first kappa shape index (κ1) is 11.9. The fourth-order valence-corrected chi connectivity index (χ4v) is 1.84. The predicted octanol–water partition coefficient (Wildman–Crippen LogP) is 1.30. The maximum Gasteiger partial charge on any atom is 0.335 e. The number of aromatic nitrogens is 1. The number of hydrogen-bond acceptors (Lipinski definition) is 3. The second kappa shape index (κ2) is 4.37. The summed E-state index contributed by atoms with van der Waals surface area (Å²) in [6.45, 7) is 0. The van der Waals surface area contributed by atoms with Crippen LogP contribution >= 0.6 is 11.6 Å². The van der Waals surface area contributed by atoms with Crippen molar-refractivity contribution in [2.75, 3.05) is 0 Å². The Hall–Kier alpha value is -1.56. The van der Waals surface area contributed by atoms with Crippen molar-refractivity contribution in [1.29, 1.82) is 0 Å². The first-order valence-corrected chi connectivity index (χ1v) is 5.24. The lowest BCUT2D eigenvalue weighted by molar-refractivity contribution is -0.153. The number of carbonyl (C=O) groups is 1. The van der Waals surface area contributed by atoms with Crippen molar-refractivity contribution in [2.24, 2.45) is 0 Å². The van der Waals surface area contributed by atoms with Crippen LogP contribution in [0, 0.1) is 0 Å². The SMILES string of the molecule is O=C(O)C(O)C(O)c1c[nH]c2cc(Cl)ccc12. The van der Waals surface area contributed by atoms with Crippen molar-refractivity contribution in [3.63, 3.8) is 0 Å². The maximum atomic E-state index is 10.6. The lowest BCUT2D eigenvalue weighted by Gasteiger charge is -2.12. The first-order valence-electron chi connectivity index (χ1n) is 4.86. The molecule has 0 aliphatic rings. The molecular weight excluding hydrogens is 246 g/mol. The molecule has 5 nitrogen and oxygen atoms in total. The van der Waals surface area contributed by atoms with Gasteiger partial charge in [0.25, 0.3) is 0 Å². The highest BCUT2D eigenvalue weighted by atomic mass is 35.5. The van der Waals surface area contributed by atoms with Gasteiger partial charge in [0, 0.05) is 27.7 Å². The third-order valence-corrected chi connectivity index (χ3v) is 2.78. The van der Waals surface area contributed by atoms with E-state index in [1.165, 1.54) is 6.20 Å². The van der Waals surface area contributed by atoms with Crippen molar-refractivity contribution >= 4 is 28.5 Å². The zero-order valence-corrected chi connectivity index (χ0v) is 9.35. The van der Waals surface area contributed by atoms with Gasteiger partial charge in [-0.3, -0.25) is 0 Å². The average Bonchev–Trinajstić information content (AvgIpc) is 2.69. The Balaban J connectivity index is 2.46. The van der Waals surface area contributed by atoms with Crippen LogP contribution in [-0.2, 0) is 4.79 Å². The summed E-state index contributed by atoms with van der Waals surface area (Å²) in [6, 6.07) is 4.93. The van der Waals surface area contributed by atoms with Crippen LogP contribution in [0.1, 0.15) is 11.7 Å². The van der Waals surface area contributed by atoms with Gasteiger partial charge in [-0.15, -0.1) is 0 Å². The quantitative estimate of drug-likeness (QED) is 0.665. The summed E-state index contributed by atoms with van der Waals surface area (Å²) in [7, 11) is 0. The van der Waals surface area contributed by atoms with Crippen molar-refractivity contribution in [1.82, 2.24) is 4.98 Å². The zero-order chi connectivity index (χ0) is 12.6. The molecule has 0 aliphatic heterocycles. The Kier molecular flexibility index (Phi) is 3.06. The van der Waals surface area contributed by atoms with Gasteiger partial charge in [-0.2, -0.15) is 0 Å². The standard InChI is InChI=1S/C11H10ClNO4/c12-5-1-2-6-7(4-13-8(6)3-5)9(14)10(15)11(16)17/h1-4,9-10,13-15H,(H,16,17). The number of carboxylic acids is 1. The van der Waals surface area contributed by atoms with Gasteiger partial charge in [-0.25, -0.2) is 4.79 Å². The fraction of sp³-hybridized carbons (Fsp3) is 0.182. The summed E-state index contributed by atoms with van der Waals surface area (Å²) in [5.41, 5.74) is 0.996. The molecule has 6 heteroatoms. The summed E-state index contributed by atoms with van der Waals surface area (Å²) in [5, 5.41) is 28.8. The van der Waals surface area contributed by atoms with E-state index in [0.717, 1.165) is 0 Å². The minimum Gasteiger partial charge on any atom is -0.479 e. The number of aliphatic hydroxyl groups is 2. The van der Waals surface area contributed by atoms with E-state index in [-0.39, 0.29) is 0 Å². The summed E-state index contributed by atoms with van der Waals surface area (Å²) in [4.78, 5) is 13.4. The number of halogens is 1. The monoisotopic (exact) mass is 255 g/mol. The summed E-state index contributed by atoms with van der Waals surface area (Å²) in [5.74, 6) is -1.47. The number of carboxylic acid groups (broad SMARTS) is 1. The molecule has 1 heterocycles. The Labute approximate surface area is 101 Å². The number of aliphatic carboxylic acids is 1. The van der Waals surface area contributed by atoms with Crippen molar-refractivity contribution in [3.05, 3.63) is 35.0 Å². The molecule has 17 heavy (non-hydrogen) atoms. The van der Waals surface area contributed by atoms with E-state index in [0.29, 0.717) is 21.5 Å². The van der Waals surface area contributed by atoms with Crippen LogP contribution in [0.2, 0.25) is 5.02 Å². The minimum absolute atomic E-state index is 0.326. The largest absolute Gasteiger partial charge is 0.479 e. The van der Waals surface area contributed by atoms with Gasteiger partial charge in [0.05, 0.1) is 0 Å². The highest BCUT2D eigenvalue weighted by molar-refractivity contribution is 6.31. The topological polar surface area (TPSA) is 93.6 Å². The van der Waals surface area contributed by atoms with Gasteiger partial charge in [-0.1, -0.05) is 17.7 Å². The van der Waals surface area contributed by atoms with E-state index in [1.807, 2.05) is 0 Å². The van der Waals surface area contributed by atoms with E-state index < -0.39 is 18.2 Å². The van der Waals surface area contributed by atoms with E-state index in [9.17, 15) is 15.0 Å². The molecule has 0 amide bonds. The molecule has 0 saturated carbocycles.